The molecule has 160 valence electrons. The molecule has 0 spiro atoms. The first kappa shape index (κ1) is 20.8. The monoisotopic (exact) mass is 463 g/mol. The number of hydrogen-bond donors (Lipinski definition) is 0. The molecule has 1 aromatic heterocycles. The fourth-order valence-electron chi connectivity index (χ4n) is 4.22. The molecular weight excluding hydrogens is 445 g/mol. The van der Waals surface area contributed by atoms with Crippen LogP contribution in [0.15, 0.2) is 69.9 Å². The van der Waals surface area contributed by atoms with Crippen molar-refractivity contribution in [2.24, 2.45) is 0 Å². The number of aryl methyl sites for hydroxylation is 2. The number of nitrogens with zero attached hydrogens (tertiary/aromatic N) is 1. The fourth-order valence-corrected chi connectivity index (χ4v) is 4.52. The summed E-state index contributed by atoms with van der Waals surface area (Å²) in [5.41, 5.74) is 4.26. The second-order valence-corrected chi connectivity index (χ2v) is 8.98. The SMILES string of the molecule is Cc1ccc(CN2C(=O)c3oc4ccc(C)cc4c(=O)c3C2c2ccc(Cl)c(Cl)c2)cc1. The first-order chi connectivity index (χ1) is 15.3. The molecule has 0 bridgehead atoms. The van der Waals surface area contributed by atoms with Crippen molar-refractivity contribution in [2.75, 3.05) is 0 Å². The van der Waals surface area contributed by atoms with Gasteiger partial charge in [0, 0.05) is 6.54 Å². The molecule has 6 heteroatoms. The van der Waals surface area contributed by atoms with E-state index in [1.165, 1.54) is 0 Å². The van der Waals surface area contributed by atoms with Crippen LogP contribution in [-0.4, -0.2) is 10.8 Å². The molecule has 0 radical (unpaired) electrons. The minimum absolute atomic E-state index is 0.0783. The fraction of sp³-hybridized carbons (Fsp3) is 0.154. The van der Waals surface area contributed by atoms with E-state index in [1.807, 2.05) is 44.2 Å². The van der Waals surface area contributed by atoms with E-state index < -0.39 is 6.04 Å². The molecule has 0 saturated carbocycles. The Morgan fingerprint density at radius 1 is 0.875 bits per heavy atom. The number of halogens is 2. The van der Waals surface area contributed by atoms with Crippen molar-refractivity contribution in [1.82, 2.24) is 4.90 Å². The Morgan fingerprint density at radius 3 is 2.31 bits per heavy atom. The molecule has 2 heterocycles. The van der Waals surface area contributed by atoms with Crippen molar-refractivity contribution in [3.63, 3.8) is 0 Å². The zero-order valence-corrected chi connectivity index (χ0v) is 19.0. The van der Waals surface area contributed by atoms with E-state index in [1.54, 1.807) is 35.2 Å². The van der Waals surface area contributed by atoms with Crippen LogP contribution in [-0.2, 0) is 6.54 Å². The number of hydrogen-bond acceptors (Lipinski definition) is 3. The lowest BCUT2D eigenvalue weighted by Crippen LogP contribution is -2.29. The molecule has 1 aliphatic heterocycles. The summed E-state index contributed by atoms with van der Waals surface area (Å²) in [5.74, 6) is -0.245. The second kappa shape index (κ2) is 7.80. The minimum Gasteiger partial charge on any atom is -0.450 e. The van der Waals surface area contributed by atoms with Gasteiger partial charge >= 0.3 is 0 Å². The van der Waals surface area contributed by atoms with Crippen molar-refractivity contribution >= 4 is 40.1 Å². The highest BCUT2D eigenvalue weighted by atomic mass is 35.5. The van der Waals surface area contributed by atoms with Crippen LogP contribution in [0.5, 0.6) is 0 Å². The largest absolute Gasteiger partial charge is 0.450 e. The Hall–Kier alpha value is -3.08. The summed E-state index contributed by atoms with van der Waals surface area (Å²) in [6.07, 6.45) is 0. The molecule has 5 rings (SSSR count). The van der Waals surface area contributed by atoms with Crippen LogP contribution in [0.3, 0.4) is 0 Å². The molecule has 3 aromatic carbocycles. The molecule has 32 heavy (non-hydrogen) atoms. The van der Waals surface area contributed by atoms with Crippen molar-refractivity contribution in [1.29, 1.82) is 0 Å². The maximum absolute atomic E-state index is 13.6. The summed E-state index contributed by atoms with van der Waals surface area (Å²) in [7, 11) is 0. The predicted octanol–water partition coefficient (Wildman–Crippen LogP) is 6.46. The van der Waals surface area contributed by atoms with Crippen molar-refractivity contribution < 1.29 is 9.21 Å². The topological polar surface area (TPSA) is 50.5 Å². The summed E-state index contributed by atoms with van der Waals surface area (Å²) < 4.78 is 5.99. The molecule has 1 amide bonds. The van der Waals surface area contributed by atoms with Gasteiger partial charge in [-0.1, -0.05) is 70.7 Å². The first-order valence-electron chi connectivity index (χ1n) is 10.2. The lowest BCUT2D eigenvalue weighted by molar-refractivity contribution is 0.0714. The third-order valence-electron chi connectivity index (χ3n) is 5.85. The number of rotatable bonds is 3. The van der Waals surface area contributed by atoms with Crippen LogP contribution in [0.4, 0.5) is 0 Å². The Labute approximate surface area is 195 Å². The van der Waals surface area contributed by atoms with Crippen LogP contribution >= 0.6 is 23.2 Å². The van der Waals surface area contributed by atoms with Gasteiger partial charge in [0.25, 0.3) is 5.91 Å². The number of carbonyl (C=O) groups is 1. The molecule has 1 unspecified atom stereocenters. The molecule has 4 aromatic rings. The van der Waals surface area contributed by atoms with Crippen molar-refractivity contribution in [3.05, 3.63) is 115 Å². The zero-order valence-electron chi connectivity index (χ0n) is 17.5. The van der Waals surface area contributed by atoms with Gasteiger partial charge in [0.15, 0.2) is 5.43 Å². The maximum Gasteiger partial charge on any atom is 0.291 e. The highest BCUT2D eigenvalue weighted by Crippen LogP contribution is 2.40. The molecule has 0 fully saturated rings. The molecule has 1 aliphatic rings. The first-order valence-corrected chi connectivity index (χ1v) is 11.0. The average Bonchev–Trinajstić information content (AvgIpc) is 3.04. The van der Waals surface area contributed by atoms with E-state index in [-0.39, 0.29) is 17.1 Å². The third kappa shape index (κ3) is 3.40. The Balaban J connectivity index is 1.73. The van der Waals surface area contributed by atoms with Gasteiger partial charge in [-0.2, -0.15) is 0 Å². The molecular formula is C26H19Cl2NO3. The molecule has 0 aliphatic carbocycles. The number of amides is 1. The van der Waals surface area contributed by atoms with Gasteiger partial charge in [0.1, 0.15) is 5.58 Å². The lowest BCUT2D eigenvalue weighted by Gasteiger charge is -2.25. The van der Waals surface area contributed by atoms with Gasteiger partial charge in [-0.25, -0.2) is 0 Å². The predicted molar refractivity (Wildman–Crippen MR) is 127 cm³/mol. The summed E-state index contributed by atoms with van der Waals surface area (Å²) in [6.45, 7) is 4.25. The Kier molecular flexibility index (Phi) is 5.07. The van der Waals surface area contributed by atoms with Crippen LogP contribution < -0.4 is 5.43 Å². The third-order valence-corrected chi connectivity index (χ3v) is 6.59. The van der Waals surface area contributed by atoms with Gasteiger partial charge in [0.05, 0.1) is 27.0 Å². The van der Waals surface area contributed by atoms with Gasteiger partial charge in [0.2, 0.25) is 5.76 Å². The Bertz CT molecular complexity index is 1440. The summed E-state index contributed by atoms with van der Waals surface area (Å²) >= 11 is 12.4. The lowest BCUT2D eigenvalue weighted by atomic mass is 9.98. The van der Waals surface area contributed by atoms with Gasteiger partial charge in [-0.3, -0.25) is 9.59 Å². The van der Waals surface area contributed by atoms with Crippen molar-refractivity contribution in [2.45, 2.75) is 26.4 Å². The number of carbonyl (C=O) groups excluding carboxylic acids is 1. The van der Waals surface area contributed by atoms with E-state index in [0.29, 0.717) is 38.7 Å². The number of fused-ring (bicyclic) bond motifs is 2. The summed E-state index contributed by atoms with van der Waals surface area (Å²) in [5, 5.41) is 1.23. The standard InChI is InChI=1S/C26H19Cl2NO3/c1-14-3-6-16(7-4-14)13-29-23(17-8-9-19(27)20(28)12-17)22-24(30)18-11-15(2)5-10-21(18)32-25(22)26(29)31/h3-12,23H,13H2,1-2H3. The van der Waals surface area contributed by atoms with Crippen LogP contribution in [0.2, 0.25) is 10.0 Å². The van der Waals surface area contributed by atoms with E-state index in [4.69, 9.17) is 27.6 Å². The van der Waals surface area contributed by atoms with E-state index in [9.17, 15) is 9.59 Å². The van der Waals surface area contributed by atoms with Gasteiger partial charge in [-0.05, 0) is 49.2 Å². The van der Waals surface area contributed by atoms with E-state index in [0.717, 1.165) is 16.7 Å². The minimum atomic E-state index is -0.630. The van der Waals surface area contributed by atoms with E-state index in [2.05, 4.69) is 0 Å². The van der Waals surface area contributed by atoms with Crippen molar-refractivity contribution in [3.8, 4) is 0 Å². The Morgan fingerprint density at radius 2 is 1.59 bits per heavy atom. The maximum atomic E-state index is 13.6. The van der Waals surface area contributed by atoms with Crippen LogP contribution in [0.1, 0.15) is 44.4 Å². The van der Waals surface area contributed by atoms with Crippen LogP contribution in [0, 0.1) is 13.8 Å². The zero-order chi connectivity index (χ0) is 22.6. The molecule has 0 saturated heterocycles. The number of benzene rings is 3. The highest BCUT2D eigenvalue weighted by molar-refractivity contribution is 6.42. The van der Waals surface area contributed by atoms with Gasteiger partial charge in [-0.15, -0.1) is 0 Å². The second-order valence-electron chi connectivity index (χ2n) is 8.17. The molecule has 1 atom stereocenters. The highest BCUT2D eigenvalue weighted by Gasteiger charge is 2.42. The average molecular weight is 464 g/mol. The van der Waals surface area contributed by atoms with E-state index >= 15 is 0 Å². The van der Waals surface area contributed by atoms with Crippen LogP contribution in [0.25, 0.3) is 11.0 Å². The normalized spacial score (nSPS) is 15.4. The molecule has 0 N–H and O–H groups in total. The smallest absolute Gasteiger partial charge is 0.291 e. The quantitative estimate of drug-likeness (QED) is 0.350. The summed E-state index contributed by atoms with van der Waals surface area (Å²) in [6, 6.07) is 17.9. The van der Waals surface area contributed by atoms with Gasteiger partial charge < -0.3 is 9.32 Å². The molecule has 4 nitrogen and oxygen atoms in total. The summed E-state index contributed by atoms with van der Waals surface area (Å²) in [4.78, 5) is 28.8.